The van der Waals surface area contributed by atoms with Crippen LogP contribution in [-0.2, 0) is 9.84 Å². The zero-order valence-corrected chi connectivity index (χ0v) is 12.9. The highest BCUT2D eigenvalue weighted by molar-refractivity contribution is 7.90. The summed E-state index contributed by atoms with van der Waals surface area (Å²) in [6.45, 7) is 2.01. The van der Waals surface area contributed by atoms with Crippen LogP contribution >= 0.6 is 0 Å². The van der Waals surface area contributed by atoms with Crippen LogP contribution < -0.4 is 0 Å². The smallest absolute Gasteiger partial charge is 0.187 e. The molecule has 0 radical (unpaired) electrons. The van der Waals surface area contributed by atoms with Crippen LogP contribution in [0.5, 0.6) is 0 Å². The van der Waals surface area contributed by atoms with Gasteiger partial charge in [0.1, 0.15) is 0 Å². The van der Waals surface area contributed by atoms with Crippen molar-refractivity contribution in [1.82, 2.24) is 20.2 Å². The van der Waals surface area contributed by atoms with Crippen molar-refractivity contribution in [2.24, 2.45) is 0 Å². The molecule has 1 aromatic heterocycles. The number of aromatic nitrogens is 4. The van der Waals surface area contributed by atoms with E-state index in [-0.39, 0.29) is 4.90 Å². The van der Waals surface area contributed by atoms with E-state index in [1.807, 2.05) is 31.2 Å². The van der Waals surface area contributed by atoms with Crippen molar-refractivity contribution in [2.45, 2.75) is 11.8 Å². The van der Waals surface area contributed by atoms with Crippen LogP contribution in [0.25, 0.3) is 17.1 Å². The Morgan fingerprint density at radius 3 is 2.18 bits per heavy atom. The second-order valence-electron chi connectivity index (χ2n) is 5.05. The molecule has 3 rings (SSSR count). The lowest BCUT2D eigenvalue weighted by Crippen LogP contribution is -2.00. The fraction of sp³-hybridized carbons (Fsp3) is 0.133. The normalized spacial score (nSPS) is 11.5. The van der Waals surface area contributed by atoms with E-state index in [2.05, 4.69) is 15.5 Å². The zero-order valence-electron chi connectivity index (χ0n) is 12.1. The molecular weight excluding hydrogens is 300 g/mol. The minimum atomic E-state index is -3.21. The number of aryl methyl sites for hydroxylation is 1. The summed E-state index contributed by atoms with van der Waals surface area (Å²) < 4.78 is 24.6. The highest BCUT2D eigenvalue weighted by Gasteiger charge is 2.12. The first-order chi connectivity index (χ1) is 10.4. The van der Waals surface area contributed by atoms with Crippen molar-refractivity contribution in [2.75, 3.05) is 6.26 Å². The van der Waals surface area contributed by atoms with E-state index in [0.717, 1.165) is 16.8 Å². The molecule has 0 aliphatic heterocycles. The number of hydrogen-bond acceptors (Lipinski definition) is 5. The van der Waals surface area contributed by atoms with Crippen molar-refractivity contribution in [3.8, 4) is 17.1 Å². The Morgan fingerprint density at radius 1 is 0.955 bits per heavy atom. The van der Waals surface area contributed by atoms with Crippen molar-refractivity contribution in [3.63, 3.8) is 0 Å². The second kappa shape index (κ2) is 5.34. The summed E-state index contributed by atoms with van der Waals surface area (Å²) in [4.78, 5) is 0.269. The van der Waals surface area contributed by atoms with E-state index < -0.39 is 9.84 Å². The molecule has 0 aliphatic carbocycles. The molecule has 0 fully saturated rings. The molecule has 0 saturated heterocycles. The molecule has 0 saturated carbocycles. The SMILES string of the molecule is Cc1ccc(-n2nnnc2-c2ccc(S(C)(=O)=O)cc2)cc1. The van der Waals surface area contributed by atoms with E-state index in [0.29, 0.717) is 5.82 Å². The lowest BCUT2D eigenvalue weighted by atomic mass is 10.2. The summed E-state index contributed by atoms with van der Waals surface area (Å²) in [6, 6.07) is 14.3. The highest BCUT2D eigenvalue weighted by Crippen LogP contribution is 2.21. The average molecular weight is 314 g/mol. The Labute approximate surface area is 128 Å². The van der Waals surface area contributed by atoms with E-state index in [9.17, 15) is 8.42 Å². The van der Waals surface area contributed by atoms with Gasteiger partial charge in [-0.05, 0) is 53.7 Å². The maximum atomic E-state index is 11.5. The van der Waals surface area contributed by atoms with Gasteiger partial charge in [0.05, 0.1) is 10.6 Å². The monoisotopic (exact) mass is 314 g/mol. The van der Waals surface area contributed by atoms with Gasteiger partial charge in [0, 0.05) is 11.8 Å². The zero-order chi connectivity index (χ0) is 15.7. The molecule has 0 amide bonds. The molecular formula is C15H14N4O2S. The van der Waals surface area contributed by atoms with Crippen LogP contribution in [-0.4, -0.2) is 34.9 Å². The first-order valence-corrected chi connectivity index (χ1v) is 8.50. The Balaban J connectivity index is 2.03. The molecule has 0 atom stereocenters. The van der Waals surface area contributed by atoms with Gasteiger partial charge in [0.2, 0.25) is 0 Å². The molecule has 0 spiro atoms. The molecule has 0 unspecified atom stereocenters. The van der Waals surface area contributed by atoms with E-state index in [1.54, 1.807) is 28.9 Å². The summed E-state index contributed by atoms with van der Waals surface area (Å²) in [5.74, 6) is 0.559. The van der Waals surface area contributed by atoms with Crippen molar-refractivity contribution >= 4 is 9.84 Å². The molecule has 0 N–H and O–H groups in total. The molecule has 6 nitrogen and oxygen atoms in total. The minimum absolute atomic E-state index is 0.269. The lowest BCUT2D eigenvalue weighted by Gasteiger charge is -2.05. The fourth-order valence-corrected chi connectivity index (χ4v) is 2.71. The summed E-state index contributed by atoms with van der Waals surface area (Å²) in [7, 11) is -3.21. The Hall–Kier alpha value is -2.54. The molecule has 7 heteroatoms. The fourth-order valence-electron chi connectivity index (χ4n) is 2.08. The second-order valence-corrected chi connectivity index (χ2v) is 7.06. The summed E-state index contributed by atoms with van der Waals surface area (Å²) in [5, 5.41) is 11.7. The Kier molecular flexibility index (Phi) is 3.50. The predicted molar refractivity (Wildman–Crippen MR) is 82.4 cm³/mol. The van der Waals surface area contributed by atoms with Gasteiger partial charge in [-0.1, -0.05) is 17.7 Å². The van der Waals surface area contributed by atoms with Crippen molar-refractivity contribution in [3.05, 3.63) is 54.1 Å². The van der Waals surface area contributed by atoms with Crippen LogP contribution in [0.2, 0.25) is 0 Å². The quantitative estimate of drug-likeness (QED) is 0.739. The average Bonchev–Trinajstić information content (AvgIpc) is 2.97. The lowest BCUT2D eigenvalue weighted by molar-refractivity contribution is 0.602. The van der Waals surface area contributed by atoms with Crippen LogP contribution in [0.1, 0.15) is 5.56 Å². The van der Waals surface area contributed by atoms with E-state index >= 15 is 0 Å². The van der Waals surface area contributed by atoms with Gasteiger partial charge >= 0.3 is 0 Å². The predicted octanol–water partition coefficient (Wildman–Crippen LogP) is 2.04. The maximum absolute atomic E-state index is 11.5. The van der Waals surface area contributed by atoms with Gasteiger partial charge in [0.15, 0.2) is 15.7 Å². The van der Waals surface area contributed by atoms with Gasteiger partial charge in [-0.25, -0.2) is 8.42 Å². The van der Waals surface area contributed by atoms with Crippen LogP contribution in [0, 0.1) is 6.92 Å². The van der Waals surface area contributed by atoms with E-state index in [4.69, 9.17) is 0 Å². The molecule has 112 valence electrons. The third-order valence-corrected chi connectivity index (χ3v) is 4.42. The van der Waals surface area contributed by atoms with Gasteiger partial charge in [-0.15, -0.1) is 5.10 Å². The Bertz CT molecular complexity index is 897. The first kappa shape index (κ1) is 14.4. The van der Waals surface area contributed by atoms with Crippen LogP contribution in [0.15, 0.2) is 53.4 Å². The summed E-state index contributed by atoms with van der Waals surface area (Å²) in [5.41, 5.74) is 2.74. The number of rotatable bonds is 3. The summed E-state index contributed by atoms with van der Waals surface area (Å²) in [6.07, 6.45) is 1.18. The van der Waals surface area contributed by atoms with Gasteiger partial charge in [-0.3, -0.25) is 0 Å². The molecule has 3 aromatic rings. The third kappa shape index (κ3) is 2.75. The van der Waals surface area contributed by atoms with E-state index in [1.165, 1.54) is 6.26 Å². The molecule has 0 aliphatic rings. The first-order valence-electron chi connectivity index (χ1n) is 6.61. The molecule has 2 aromatic carbocycles. The maximum Gasteiger partial charge on any atom is 0.187 e. The molecule has 1 heterocycles. The van der Waals surface area contributed by atoms with Gasteiger partial charge < -0.3 is 0 Å². The minimum Gasteiger partial charge on any atom is -0.224 e. The number of nitrogens with zero attached hydrogens (tertiary/aromatic N) is 4. The van der Waals surface area contributed by atoms with Crippen LogP contribution in [0.4, 0.5) is 0 Å². The Morgan fingerprint density at radius 2 is 1.59 bits per heavy atom. The number of hydrogen-bond donors (Lipinski definition) is 0. The standard InChI is InChI=1S/C15H14N4O2S/c1-11-3-7-13(8-4-11)19-15(16-17-18-19)12-5-9-14(10-6-12)22(2,20)21/h3-10H,1-2H3. The summed E-state index contributed by atoms with van der Waals surface area (Å²) >= 11 is 0. The number of tetrazole rings is 1. The number of sulfone groups is 1. The van der Waals surface area contributed by atoms with Crippen LogP contribution in [0.3, 0.4) is 0 Å². The number of benzene rings is 2. The topological polar surface area (TPSA) is 77.7 Å². The molecule has 22 heavy (non-hydrogen) atoms. The van der Waals surface area contributed by atoms with Crippen molar-refractivity contribution in [1.29, 1.82) is 0 Å². The molecule has 0 bridgehead atoms. The largest absolute Gasteiger partial charge is 0.224 e. The third-order valence-electron chi connectivity index (χ3n) is 3.29. The highest BCUT2D eigenvalue weighted by atomic mass is 32.2. The van der Waals surface area contributed by atoms with Gasteiger partial charge in [-0.2, -0.15) is 4.68 Å². The van der Waals surface area contributed by atoms with Crippen molar-refractivity contribution < 1.29 is 8.42 Å². The van der Waals surface area contributed by atoms with Gasteiger partial charge in [0.25, 0.3) is 0 Å².